The second-order valence-electron chi connectivity index (χ2n) is 5.32. The van der Waals surface area contributed by atoms with Crippen molar-refractivity contribution in [2.75, 3.05) is 6.54 Å². The second kappa shape index (κ2) is 8.57. The van der Waals surface area contributed by atoms with Crippen molar-refractivity contribution in [1.29, 1.82) is 0 Å². The van der Waals surface area contributed by atoms with Gasteiger partial charge in [0.05, 0.1) is 11.2 Å². The number of urea groups is 1. The van der Waals surface area contributed by atoms with E-state index in [4.69, 9.17) is 0 Å². The summed E-state index contributed by atoms with van der Waals surface area (Å²) in [5.41, 5.74) is 3.43. The molecule has 2 rings (SSSR count). The Morgan fingerprint density at radius 2 is 2.13 bits per heavy atom. The molecule has 23 heavy (non-hydrogen) atoms. The predicted octanol–water partition coefficient (Wildman–Crippen LogP) is 3.28. The van der Waals surface area contributed by atoms with Gasteiger partial charge in [0.2, 0.25) is 0 Å². The molecule has 0 unspecified atom stereocenters. The third kappa shape index (κ3) is 5.94. The van der Waals surface area contributed by atoms with Gasteiger partial charge >= 0.3 is 6.03 Å². The minimum atomic E-state index is -0.848. The molecule has 0 fully saturated rings. The molecule has 7 heteroatoms. The van der Waals surface area contributed by atoms with Gasteiger partial charge < -0.3 is 10.6 Å². The van der Waals surface area contributed by atoms with Crippen LogP contribution in [-0.2, 0) is 12.8 Å². The molecule has 2 N–H and O–H groups in total. The molecular formula is C16H19F2N3OS. The fraction of sp³-hybridized carbons (Fsp3) is 0.375. The van der Waals surface area contributed by atoms with Crippen LogP contribution in [0.3, 0.4) is 0 Å². The van der Waals surface area contributed by atoms with Crippen LogP contribution >= 0.6 is 11.3 Å². The molecule has 1 aromatic carbocycles. The number of benzene rings is 1. The van der Waals surface area contributed by atoms with Gasteiger partial charge in [0.15, 0.2) is 11.6 Å². The first kappa shape index (κ1) is 17.3. The standard InChI is InChI=1S/C16H19F2N3OS/c1-11(2-3-12-4-5-14(17)15(18)8-12)21-16(22)19-7-6-13-9-23-10-20-13/h4-5,8-11H,2-3,6-7H2,1H3,(H2,19,21,22)/t11-/m1/s1. The molecule has 124 valence electrons. The summed E-state index contributed by atoms with van der Waals surface area (Å²) >= 11 is 1.53. The number of halogens is 2. The molecular weight excluding hydrogens is 320 g/mol. The van der Waals surface area contributed by atoms with E-state index < -0.39 is 11.6 Å². The molecule has 0 bridgehead atoms. The number of amides is 2. The Kier molecular flexibility index (Phi) is 6.46. The molecule has 0 aliphatic rings. The Labute approximate surface area is 137 Å². The van der Waals surface area contributed by atoms with Crippen molar-refractivity contribution >= 4 is 17.4 Å². The molecule has 0 radical (unpaired) electrons. The summed E-state index contributed by atoms with van der Waals surface area (Å²) in [6.07, 6.45) is 1.90. The summed E-state index contributed by atoms with van der Waals surface area (Å²) in [6.45, 7) is 2.39. The fourth-order valence-electron chi connectivity index (χ4n) is 2.09. The summed E-state index contributed by atoms with van der Waals surface area (Å²) in [5.74, 6) is -1.69. The Hall–Kier alpha value is -2.02. The highest BCUT2D eigenvalue weighted by Gasteiger charge is 2.08. The minimum absolute atomic E-state index is 0.0672. The van der Waals surface area contributed by atoms with E-state index in [1.807, 2.05) is 12.3 Å². The smallest absolute Gasteiger partial charge is 0.315 e. The van der Waals surface area contributed by atoms with Gasteiger partial charge in [-0.3, -0.25) is 0 Å². The van der Waals surface area contributed by atoms with Crippen LogP contribution in [-0.4, -0.2) is 23.6 Å². The van der Waals surface area contributed by atoms with Crippen molar-refractivity contribution in [2.45, 2.75) is 32.2 Å². The Morgan fingerprint density at radius 3 is 2.83 bits per heavy atom. The van der Waals surface area contributed by atoms with Crippen LogP contribution in [0.1, 0.15) is 24.6 Å². The first-order valence-corrected chi connectivity index (χ1v) is 8.34. The minimum Gasteiger partial charge on any atom is -0.338 e. The van der Waals surface area contributed by atoms with E-state index in [-0.39, 0.29) is 12.1 Å². The molecule has 0 saturated heterocycles. The van der Waals surface area contributed by atoms with E-state index in [0.717, 1.165) is 11.8 Å². The van der Waals surface area contributed by atoms with E-state index in [0.29, 0.717) is 31.4 Å². The zero-order valence-electron chi connectivity index (χ0n) is 12.8. The number of carbonyl (C=O) groups excluding carboxylic acids is 1. The van der Waals surface area contributed by atoms with Gasteiger partial charge in [0, 0.05) is 24.4 Å². The first-order valence-electron chi connectivity index (χ1n) is 7.40. The van der Waals surface area contributed by atoms with Crippen LogP contribution in [0.5, 0.6) is 0 Å². The zero-order chi connectivity index (χ0) is 16.7. The lowest BCUT2D eigenvalue weighted by Gasteiger charge is -2.14. The maximum absolute atomic E-state index is 13.1. The van der Waals surface area contributed by atoms with Crippen LogP contribution < -0.4 is 10.6 Å². The van der Waals surface area contributed by atoms with Gasteiger partial charge in [-0.05, 0) is 37.5 Å². The summed E-state index contributed by atoms with van der Waals surface area (Å²) in [5, 5.41) is 7.54. The lowest BCUT2D eigenvalue weighted by atomic mass is 10.1. The van der Waals surface area contributed by atoms with Crippen LogP contribution in [0.15, 0.2) is 29.1 Å². The third-order valence-corrected chi connectivity index (χ3v) is 4.01. The molecule has 0 aliphatic heterocycles. The summed E-state index contributed by atoms with van der Waals surface area (Å²) in [7, 11) is 0. The van der Waals surface area contributed by atoms with Crippen molar-refractivity contribution in [3.63, 3.8) is 0 Å². The zero-order valence-corrected chi connectivity index (χ0v) is 13.6. The largest absolute Gasteiger partial charge is 0.338 e. The second-order valence-corrected chi connectivity index (χ2v) is 6.04. The predicted molar refractivity (Wildman–Crippen MR) is 86.5 cm³/mol. The fourth-order valence-corrected chi connectivity index (χ4v) is 2.68. The molecule has 0 aliphatic carbocycles. The number of hydrogen-bond donors (Lipinski definition) is 2. The van der Waals surface area contributed by atoms with Gasteiger partial charge in [-0.1, -0.05) is 6.07 Å². The van der Waals surface area contributed by atoms with Crippen LogP contribution in [0.25, 0.3) is 0 Å². The number of aryl methyl sites for hydroxylation is 1. The van der Waals surface area contributed by atoms with Crippen molar-refractivity contribution < 1.29 is 13.6 Å². The van der Waals surface area contributed by atoms with E-state index in [1.54, 1.807) is 11.6 Å². The maximum atomic E-state index is 13.1. The molecule has 2 amide bonds. The Bertz CT molecular complexity index is 634. The van der Waals surface area contributed by atoms with Gasteiger partial charge in [-0.15, -0.1) is 11.3 Å². The summed E-state index contributed by atoms with van der Waals surface area (Å²) < 4.78 is 26.0. The highest BCUT2D eigenvalue weighted by atomic mass is 32.1. The molecule has 1 atom stereocenters. The van der Waals surface area contributed by atoms with Crippen molar-refractivity contribution in [1.82, 2.24) is 15.6 Å². The van der Waals surface area contributed by atoms with Crippen molar-refractivity contribution in [2.24, 2.45) is 0 Å². The number of hydrogen-bond acceptors (Lipinski definition) is 3. The molecule has 4 nitrogen and oxygen atoms in total. The van der Waals surface area contributed by atoms with Crippen LogP contribution in [0.2, 0.25) is 0 Å². The van der Waals surface area contributed by atoms with E-state index in [1.165, 1.54) is 17.4 Å². The molecule has 1 heterocycles. The average molecular weight is 339 g/mol. The lowest BCUT2D eigenvalue weighted by Crippen LogP contribution is -2.41. The highest BCUT2D eigenvalue weighted by Crippen LogP contribution is 2.11. The SMILES string of the molecule is C[C@H](CCc1ccc(F)c(F)c1)NC(=O)NCCc1cscn1. The number of nitrogens with one attached hydrogen (secondary N) is 2. The average Bonchev–Trinajstić information content (AvgIpc) is 3.02. The van der Waals surface area contributed by atoms with Crippen molar-refractivity contribution in [3.05, 3.63) is 52.0 Å². The Balaban J connectivity index is 1.66. The van der Waals surface area contributed by atoms with E-state index in [2.05, 4.69) is 15.6 Å². The topological polar surface area (TPSA) is 54.0 Å². The van der Waals surface area contributed by atoms with Crippen LogP contribution in [0, 0.1) is 11.6 Å². The molecule has 0 spiro atoms. The third-order valence-electron chi connectivity index (χ3n) is 3.38. The summed E-state index contributed by atoms with van der Waals surface area (Å²) in [6, 6.07) is 3.56. The van der Waals surface area contributed by atoms with Gasteiger partial charge in [-0.25, -0.2) is 18.6 Å². The van der Waals surface area contributed by atoms with Gasteiger partial charge in [0.1, 0.15) is 0 Å². The van der Waals surface area contributed by atoms with Crippen molar-refractivity contribution in [3.8, 4) is 0 Å². The summed E-state index contributed by atoms with van der Waals surface area (Å²) in [4.78, 5) is 15.9. The molecule has 0 saturated carbocycles. The van der Waals surface area contributed by atoms with E-state index in [9.17, 15) is 13.6 Å². The normalized spacial score (nSPS) is 12.0. The number of thiazole rings is 1. The monoisotopic (exact) mass is 339 g/mol. The maximum Gasteiger partial charge on any atom is 0.315 e. The number of carbonyl (C=O) groups is 1. The van der Waals surface area contributed by atoms with Crippen LogP contribution in [0.4, 0.5) is 13.6 Å². The number of aromatic nitrogens is 1. The quantitative estimate of drug-likeness (QED) is 0.813. The molecule has 2 aromatic rings. The van der Waals surface area contributed by atoms with Gasteiger partial charge in [0.25, 0.3) is 0 Å². The van der Waals surface area contributed by atoms with E-state index >= 15 is 0 Å². The first-order chi connectivity index (χ1) is 11.0. The number of rotatable bonds is 7. The molecule has 1 aromatic heterocycles. The van der Waals surface area contributed by atoms with Gasteiger partial charge in [-0.2, -0.15) is 0 Å². The Morgan fingerprint density at radius 1 is 1.30 bits per heavy atom. The lowest BCUT2D eigenvalue weighted by molar-refractivity contribution is 0.237. The highest BCUT2D eigenvalue weighted by molar-refractivity contribution is 7.07. The number of nitrogens with zero attached hydrogens (tertiary/aromatic N) is 1.